The predicted molar refractivity (Wildman–Crippen MR) is 111 cm³/mol. The van der Waals surface area contributed by atoms with E-state index in [1.54, 1.807) is 12.1 Å². The van der Waals surface area contributed by atoms with Gasteiger partial charge in [-0.2, -0.15) is 13.5 Å². The van der Waals surface area contributed by atoms with Crippen molar-refractivity contribution in [2.75, 3.05) is 0 Å². The van der Waals surface area contributed by atoms with Gasteiger partial charge in [-0.05, 0) is 95.9 Å². The highest BCUT2D eigenvalue weighted by atomic mass is 32.2. The molecule has 1 atom stereocenters. The quantitative estimate of drug-likeness (QED) is 0.561. The molecule has 1 heterocycles. The van der Waals surface area contributed by atoms with Gasteiger partial charge in [-0.1, -0.05) is 18.2 Å². The lowest BCUT2D eigenvalue weighted by Crippen LogP contribution is -2.60. The van der Waals surface area contributed by atoms with Crippen LogP contribution in [-0.4, -0.2) is 35.2 Å². The Morgan fingerprint density at radius 2 is 1.75 bits per heavy atom. The van der Waals surface area contributed by atoms with E-state index >= 15 is 0 Å². The lowest BCUT2D eigenvalue weighted by atomic mass is 9.72. The average Bonchev–Trinajstić information content (AvgIpc) is 2.58. The van der Waals surface area contributed by atoms with Crippen LogP contribution in [-0.2, 0) is 15.0 Å². The van der Waals surface area contributed by atoms with Crippen molar-refractivity contribution < 1.29 is 17.8 Å². The maximum absolute atomic E-state index is 11.6. The summed E-state index contributed by atoms with van der Waals surface area (Å²) in [6.07, 6.45) is 9.38. The van der Waals surface area contributed by atoms with Crippen molar-refractivity contribution in [2.45, 2.75) is 94.7 Å². The molecule has 6 heteroatoms. The molecule has 1 unspecified atom stereocenters. The molecule has 0 bridgehead atoms. The number of hydroxylamine groups is 2. The smallest absolute Gasteiger partial charge is 0.294 e. The number of benzene rings is 1. The zero-order chi connectivity index (χ0) is 20.7. The first-order valence-corrected chi connectivity index (χ1v) is 11.5. The molecule has 0 radical (unpaired) electrons. The van der Waals surface area contributed by atoms with Crippen LogP contribution < -0.4 is 0 Å². The van der Waals surface area contributed by atoms with Crippen molar-refractivity contribution >= 4 is 10.1 Å². The number of hydrogen-bond acceptors (Lipinski definition) is 4. The third-order valence-electron chi connectivity index (χ3n) is 6.06. The van der Waals surface area contributed by atoms with E-state index in [1.807, 2.05) is 6.92 Å². The van der Waals surface area contributed by atoms with E-state index in [2.05, 4.69) is 44.9 Å². The monoisotopic (exact) mass is 407 g/mol. The number of rotatable bonds is 4. The fourth-order valence-electron chi connectivity index (χ4n) is 5.00. The van der Waals surface area contributed by atoms with Gasteiger partial charge in [0.15, 0.2) is 0 Å². The van der Waals surface area contributed by atoms with E-state index in [-0.39, 0.29) is 28.0 Å². The molecule has 1 aliphatic carbocycles. The molecule has 1 aliphatic heterocycles. The fraction of sp³-hybridized carbons (Fsp3) is 0.636. The van der Waals surface area contributed by atoms with E-state index in [1.165, 1.54) is 6.07 Å². The third kappa shape index (κ3) is 4.51. The maximum atomic E-state index is 11.6. The average molecular weight is 408 g/mol. The Bertz CT molecular complexity index is 839. The molecule has 0 spiro atoms. The summed E-state index contributed by atoms with van der Waals surface area (Å²) in [6.45, 7) is 10.8. The standard InChI is InChI=1S/C22H33NO4S/c1-16-11-12-19(28(24,25)26)13-20(16)17-14-21(2,3)23(22(4,5)15-17)27-18-9-7-6-8-10-18/h6-7,11-13,17-18H,8-10,14-15H2,1-5H3,(H,24,25,26). The van der Waals surface area contributed by atoms with Gasteiger partial charge in [0.1, 0.15) is 0 Å². The predicted octanol–water partition coefficient (Wildman–Crippen LogP) is 5.02. The van der Waals surface area contributed by atoms with Gasteiger partial charge in [-0.15, -0.1) is 0 Å². The first-order valence-electron chi connectivity index (χ1n) is 10.1. The number of aryl methyl sites for hydroxylation is 1. The molecule has 3 rings (SSSR count). The molecular formula is C22H33NO4S. The molecule has 0 aromatic heterocycles. The molecule has 0 amide bonds. The van der Waals surface area contributed by atoms with E-state index < -0.39 is 10.1 Å². The molecule has 156 valence electrons. The van der Waals surface area contributed by atoms with Crippen LogP contribution in [0.3, 0.4) is 0 Å². The first-order chi connectivity index (χ1) is 12.9. The fourth-order valence-corrected chi connectivity index (χ4v) is 5.51. The van der Waals surface area contributed by atoms with E-state index in [9.17, 15) is 13.0 Å². The summed E-state index contributed by atoms with van der Waals surface area (Å²) in [6, 6.07) is 4.90. The minimum Gasteiger partial charge on any atom is -0.294 e. The number of hydrogen-bond donors (Lipinski definition) is 1. The molecular weight excluding hydrogens is 374 g/mol. The molecule has 1 aromatic carbocycles. The summed E-state index contributed by atoms with van der Waals surface area (Å²) < 4.78 is 32.7. The summed E-state index contributed by atoms with van der Waals surface area (Å²) in [5.74, 6) is 0.192. The summed E-state index contributed by atoms with van der Waals surface area (Å²) in [4.78, 5) is 6.47. The van der Waals surface area contributed by atoms with Crippen molar-refractivity contribution in [1.82, 2.24) is 5.06 Å². The van der Waals surface area contributed by atoms with Gasteiger partial charge in [0.2, 0.25) is 0 Å². The Morgan fingerprint density at radius 3 is 2.29 bits per heavy atom. The normalized spacial score (nSPS) is 25.7. The van der Waals surface area contributed by atoms with Crippen molar-refractivity contribution in [3.63, 3.8) is 0 Å². The molecule has 28 heavy (non-hydrogen) atoms. The summed E-state index contributed by atoms with van der Waals surface area (Å²) in [5.41, 5.74) is 1.65. The van der Waals surface area contributed by atoms with Gasteiger partial charge in [-0.3, -0.25) is 9.39 Å². The molecule has 1 saturated heterocycles. The second-order valence-corrected chi connectivity index (χ2v) is 11.0. The molecule has 1 fully saturated rings. The largest absolute Gasteiger partial charge is 0.294 e. The minimum atomic E-state index is -4.21. The van der Waals surface area contributed by atoms with Gasteiger partial charge < -0.3 is 0 Å². The van der Waals surface area contributed by atoms with Crippen LogP contribution in [0.1, 0.15) is 76.8 Å². The van der Waals surface area contributed by atoms with E-state index in [0.29, 0.717) is 0 Å². The zero-order valence-corrected chi connectivity index (χ0v) is 18.4. The van der Waals surface area contributed by atoms with Gasteiger partial charge in [0.05, 0.1) is 11.0 Å². The van der Waals surface area contributed by atoms with Gasteiger partial charge in [-0.25, -0.2) is 0 Å². The highest BCUT2D eigenvalue weighted by Gasteiger charge is 2.48. The highest BCUT2D eigenvalue weighted by molar-refractivity contribution is 7.85. The third-order valence-corrected chi connectivity index (χ3v) is 6.90. The van der Waals surface area contributed by atoms with Crippen molar-refractivity contribution in [3.8, 4) is 0 Å². The van der Waals surface area contributed by atoms with Crippen LogP contribution in [0.15, 0.2) is 35.2 Å². The topological polar surface area (TPSA) is 66.8 Å². The van der Waals surface area contributed by atoms with E-state index in [4.69, 9.17) is 4.84 Å². The summed E-state index contributed by atoms with van der Waals surface area (Å²) in [5, 5.41) is 2.18. The van der Waals surface area contributed by atoms with Gasteiger partial charge in [0.25, 0.3) is 10.1 Å². The Morgan fingerprint density at radius 1 is 1.11 bits per heavy atom. The Labute approximate surface area is 169 Å². The van der Waals surface area contributed by atoms with Crippen molar-refractivity contribution in [1.29, 1.82) is 0 Å². The first kappa shape index (κ1) is 21.5. The van der Waals surface area contributed by atoms with Crippen molar-refractivity contribution in [3.05, 3.63) is 41.5 Å². The van der Waals surface area contributed by atoms with Crippen LogP contribution in [0.25, 0.3) is 0 Å². The molecule has 0 saturated carbocycles. The number of nitrogens with zero attached hydrogens (tertiary/aromatic N) is 1. The Kier molecular flexibility index (Phi) is 5.80. The Hall–Kier alpha value is -1.21. The van der Waals surface area contributed by atoms with Gasteiger partial charge in [0, 0.05) is 11.1 Å². The van der Waals surface area contributed by atoms with E-state index in [0.717, 1.165) is 43.2 Å². The van der Waals surface area contributed by atoms with Crippen LogP contribution in [0.5, 0.6) is 0 Å². The summed E-state index contributed by atoms with van der Waals surface area (Å²) >= 11 is 0. The number of piperidine rings is 1. The molecule has 2 aliphatic rings. The molecule has 1 aromatic rings. The minimum absolute atomic E-state index is 0.0311. The zero-order valence-electron chi connectivity index (χ0n) is 17.6. The van der Waals surface area contributed by atoms with Crippen molar-refractivity contribution in [2.24, 2.45) is 0 Å². The van der Waals surface area contributed by atoms with Crippen LogP contribution in [0, 0.1) is 6.92 Å². The lowest BCUT2D eigenvalue weighted by Gasteiger charge is -2.55. The van der Waals surface area contributed by atoms with Crippen LogP contribution in [0.4, 0.5) is 0 Å². The second kappa shape index (κ2) is 7.56. The number of allylic oxidation sites excluding steroid dienone is 1. The highest BCUT2D eigenvalue weighted by Crippen LogP contribution is 2.47. The van der Waals surface area contributed by atoms with Gasteiger partial charge >= 0.3 is 0 Å². The van der Waals surface area contributed by atoms with Crippen LogP contribution in [0.2, 0.25) is 0 Å². The SMILES string of the molecule is Cc1ccc(S(=O)(=O)O)cc1C1CC(C)(C)N(OC2CC=CCC2)C(C)(C)C1. The second-order valence-electron chi connectivity index (χ2n) is 9.53. The Balaban J connectivity index is 1.89. The van der Waals surface area contributed by atoms with Crippen LogP contribution >= 0.6 is 0 Å². The maximum Gasteiger partial charge on any atom is 0.294 e. The summed E-state index contributed by atoms with van der Waals surface area (Å²) in [7, 11) is -4.21. The lowest BCUT2D eigenvalue weighted by molar-refractivity contribution is -0.307. The molecule has 5 nitrogen and oxygen atoms in total. The molecule has 1 N–H and O–H groups in total.